The molecule has 0 saturated carbocycles. The monoisotopic (exact) mass is 255 g/mol. The van der Waals surface area contributed by atoms with Crippen molar-refractivity contribution in [2.75, 3.05) is 7.05 Å². The Bertz CT molecular complexity index is 475. The third-order valence-corrected chi connectivity index (χ3v) is 3.51. The summed E-state index contributed by atoms with van der Waals surface area (Å²) in [7, 11) is 1.90. The molecule has 1 N–H and O–H groups in total. The van der Waals surface area contributed by atoms with Crippen molar-refractivity contribution in [3.05, 3.63) is 46.0 Å². The number of hydrogen-bond donors (Lipinski definition) is 1. The topological polar surface area (TPSA) is 12.0 Å². The molecule has 0 aliphatic heterocycles. The van der Waals surface area contributed by atoms with Crippen LogP contribution in [0.5, 0.6) is 0 Å². The average molecular weight is 256 g/mol. The van der Waals surface area contributed by atoms with Crippen LogP contribution >= 0.6 is 22.9 Å². The maximum Gasteiger partial charge on any atom is 0.125 e. The molecular formula is C12H11ClFNS. The van der Waals surface area contributed by atoms with E-state index < -0.39 is 0 Å². The Morgan fingerprint density at radius 1 is 1.31 bits per heavy atom. The Morgan fingerprint density at radius 3 is 2.81 bits per heavy atom. The molecule has 2 rings (SSSR count). The normalized spacial score (nSPS) is 10.7. The van der Waals surface area contributed by atoms with Gasteiger partial charge in [-0.3, -0.25) is 0 Å². The van der Waals surface area contributed by atoms with Crippen molar-refractivity contribution in [1.82, 2.24) is 5.32 Å². The number of nitrogens with one attached hydrogen (secondary N) is 1. The van der Waals surface area contributed by atoms with E-state index in [4.69, 9.17) is 11.6 Å². The first kappa shape index (κ1) is 11.6. The van der Waals surface area contributed by atoms with Crippen LogP contribution in [0, 0.1) is 5.82 Å². The summed E-state index contributed by atoms with van der Waals surface area (Å²) in [6, 6.07) is 8.62. The van der Waals surface area contributed by atoms with Gasteiger partial charge in [-0.15, -0.1) is 11.3 Å². The molecule has 4 heteroatoms. The standard InChI is InChI=1S/C12H11ClFNS/c1-15-7-11-2-3-12(16-11)8-4-9(13)6-10(14)5-8/h2-6,15H,7H2,1H3. The van der Waals surface area contributed by atoms with Gasteiger partial charge in [-0.1, -0.05) is 11.6 Å². The van der Waals surface area contributed by atoms with Crippen LogP contribution in [0.2, 0.25) is 5.02 Å². The van der Waals surface area contributed by atoms with Gasteiger partial charge in [0.25, 0.3) is 0 Å². The summed E-state index contributed by atoms with van der Waals surface area (Å²) in [5.74, 6) is -0.300. The predicted octanol–water partition coefficient (Wildman–Crippen LogP) is 3.93. The van der Waals surface area contributed by atoms with Gasteiger partial charge >= 0.3 is 0 Å². The van der Waals surface area contributed by atoms with Crippen LogP contribution in [0.1, 0.15) is 4.88 Å². The van der Waals surface area contributed by atoms with Crippen molar-refractivity contribution >= 4 is 22.9 Å². The first-order chi connectivity index (χ1) is 7.69. The van der Waals surface area contributed by atoms with Gasteiger partial charge in [0.05, 0.1) is 0 Å². The maximum absolute atomic E-state index is 13.2. The number of rotatable bonds is 3. The van der Waals surface area contributed by atoms with Crippen molar-refractivity contribution in [3.8, 4) is 10.4 Å². The molecular weight excluding hydrogens is 245 g/mol. The van der Waals surface area contributed by atoms with Gasteiger partial charge in [0, 0.05) is 21.3 Å². The van der Waals surface area contributed by atoms with Crippen LogP contribution in [0.25, 0.3) is 10.4 Å². The molecule has 16 heavy (non-hydrogen) atoms. The Labute approximate surface area is 103 Å². The van der Waals surface area contributed by atoms with Gasteiger partial charge in [-0.2, -0.15) is 0 Å². The fourth-order valence-electron chi connectivity index (χ4n) is 1.50. The van der Waals surface area contributed by atoms with E-state index in [1.54, 1.807) is 17.4 Å². The van der Waals surface area contributed by atoms with Gasteiger partial charge < -0.3 is 5.32 Å². The second kappa shape index (κ2) is 4.95. The predicted molar refractivity (Wildman–Crippen MR) is 67.5 cm³/mol. The van der Waals surface area contributed by atoms with E-state index in [1.807, 2.05) is 19.2 Å². The van der Waals surface area contributed by atoms with E-state index in [1.165, 1.54) is 17.0 Å². The van der Waals surface area contributed by atoms with E-state index in [-0.39, 0.29) is 5.82 Å². The summed E-state index contributed by atoms with van der Waals surface area (Å²) in [5.41, 5.74) is 0.831. The minimum absolute atomic E-state index is 0.300. The number of halogens is 2. The molecule has 0 fully saturated rings. The van der Waals surface area contributed by atoms with E-state index in [0.29, 0.717) is 5.02 Å². The summed E-state index contributed by atoms with van der Waals surface area (Å²) in [5, 5.41) is 3.51. The minimum Gasteiger partial charge on any atom is -0.315 e. The molecule has 0 radical (unpaired) electrons. The zero-order valence-electron chi connectivity index (χ0n) is 8.76. The lowest BCUT2D eigenvalue weighted by Crippen LogP contribution is -2.02. The average Bonchev–Trinajstić information content (AvgIpc) is 2.65. The molecule has 0 aliphatic rings. The first-order valence-corrected chi connectivity index (χ1v) is 6.08. The van der Waals surface area contributed by atoms with E-state index >= 15 is 0 Å². The summed E-state index contributed by atoms with van der Waals surface area (Å²) in [4.78, 5) is 2.25. The summed E-state index contributed by atoms with van der Waals surface area (Å²) >= 11 is 7.46. The third kappa shape index (κ3) is 2.61. The van der Waals surface area contributed by atoms with Crippen molar-refractivity contribution in [2.45, 2.75) is 6.54 Å². The highest BCUT2D eigenvalue weighted by Gasteiger charge is 2.05. The van der Waals surface area contributed by atoms with Crippen molar-refractivity contribution in [1.29, 1.82) is 0 Å². The molecule has 84 valence electrons. The molecule has 0 spiro atoms. The van der Waals surface area contributed by atoms with Crippen LogP contribution < -0.4 is 5.32 Å². The second-order valence-corrected chi connectivity index (χ2v) is 5.06. The Balaban J connectivity index is 2.34. The number of thiophene rings is 1. The Hall–Kier alpha value is -0.900. The highest BCUT2D eigenvalue weighted by atomic mass is 35.5. The highest BCUT2D eigenvalue weighted by Crippen LogP contribution is 2.30. The quantitative estimate of drug-likeness (QED) is 0.876. The zero-order chi connectivity index (χ0) is 11.5. The van der Waals surface area contributed by atoms with Crippen molar-refractivity contribution in [2.24, 2.45) is 0 Å². The largest absolute Gasteiger partial charge is 0.315 e. The molecule has 1 heterocycles. The smallest absolute Gasteiger partial charge is 0.125 e. The maximum atomic E-state index is 13.2. The lowest BCUT2D eigenvalue weighted by Gasteiger charge is -1.99. The fourth-order valence-corrected chi connectivity index (χ4v) is 2.73. The second-order valence-electron chi connectivity index (χ2n) is 3.45. The van der Waals surface area contributed by atoms with Gasteiger partial charge in [0.2, 0.25) is 0 Å². The molecule has 2 aromatic rings. The molecule has 0 amide bonds. The Morgan fingerprint density at radius 2 is 2.12 bits per heavy atom. The van der Waals surface area contributed by atoms with Crippen LogP contribution in [-0.2, 0) is 6.54 Å². The van der Waals surface area contributed by atoms with Crippen LogP contribution in [0.3, 0.4) is 0 Å². The van der Waals surface area contributed by atoms with E-state index in [9.17, 15) is 4.39 Å². The fraction of sp³-hybridized carbons (Fsp3) is 0.167. The summed E-state index contributed by atoms with van der Waals surface area (Å²) in [6.45, 7) is 0.827. The van der Waals surface area contributed by atoms with Gasteiger partial charge in [-0.25, -0.2) is 4.39 Å². The number of benzene rings is 1. The first-order valence-electron chi connectivity index (χ1n) is 4.89. The van der Waals surface area contributed by atoms with Gasteiger partial charge in [0.1, 0.15) is 5.82 Å². The minimum atomic E-state index is -0.300. The van der Waals surface area contributed by atoms with E-state index in [0.717, 1.165) is 17.0 Å². The van der Waals surface area contributed by atoms with Gasteiger partial charge in [0.15, 0.2) is 0 Å². The van der Waals surface area contributed by atoms with E-state index in [2.05, 4.69) is 5.32 Å². The number of hydrogen-bond acceptors (Lipinski definition) is 2. The molecule has 0 saturated heterocycles. The van der Waals surface area contributed by atoms with Crippen LogP contribution in [0.15, 0.2) is 30.3 Å². The molecule has 1 aromatic heterocycles. The molecule has 0 aliphatic carbocycles. The summed E-state index contributed by atoms with van der Waals surface area (Å²) < 4.78 is 13.2. The molecule has 1 nitrogen and oxygen atoms in total. The lowest BCUT2D eigenvalue weighted by atomic mass is 10.2. The SMILES string of the molecule is CNCc1ccc(-c2cc(F)cc(Cl)c2)s1. The summed E-state index contributed by atoms with van der Waals surface area (Å²) in [6.07, 6.45) is 0. The molecule has 1 aromatic carbocycles. The molecule has 0 bridgehead atoms. The van der Waals surface area contributed by atoms with Crippen molar-refractivity contribution in [3.63, 3.8) is 0 Å². The molecule has 0 atom stereocenters. The zero-order valence-corrected chi connectivity index (χ0v) is 10.3. The highest BCUT2D eigenvalue weighted by molar-refractivity contribution is 7.15. The third-order valence-electron chi connectivity index (χ3n) is 2.16. The molecule has 0 unspecified atom stereocenters. The van der Waals surface area contributed by atoms with Crippen LogP contribution in [0.4, 0.5) is 4.39 Å². The van der Waals surface area contributed by atoms with Crippen LogP contribution in [-0.4, -0.2) is 7.05 Å². The van der Waals surface area contributed by atoms with Gasteiger partial charge in [-0.05, 0) is 42.9 Å². The lowest BCUT2D eigenvalue weighted by molar-refractivity contribution is 0.628. The Kier molecular flexibility index (Phi) is 3.59. The van der Waals surface area contributed by atoms with Crippen molar-refractivity contribution < 1.29 is 4.39 Å².